The number of hydrogen-bond donors (Lipinski definition) is 2. The van der Waals surface area contributed by atoms with Crippen molar-refractivity contribution in [3.8, 4) is 0 Å². The van der Waals surface area contributed by atoms with Gasteiger partial charge < -0.3 is 10.6 Å². The van der Waals surface area contributed by atoms with Crippen LogP contribution in [0.15, 0.2) is 5.38 Å². The number of thiocarbonyl (C=S) groups is 1. The van der Waals surface area contributed by atoms with Gasteiger partial charge in [0, 0.05) is 17.1 Å². The van der Waals surface area contributed by atoms with Crippen molar-refractivity contribution < 1.29 is 0 Å². The van der Waals surface area contributed by atoms with Crippen molar-refractivity contribution in [1.82, 2.24) is 15.6 Å². The van der Waals surface area contributed by atoms with Crippen molar-refractivity contribution >= 4 is 28.7 Å². The van der Waals surface area contributed by atoms with Gasteiger partial charge in [0.2, 0.25) is 0 Å². The first-order valence-corrected chi connectivity index (χ1v) is 7.43. The number of thiazole rings is 1. The molecule has 94 valence electrons. The van der Waals surface area contributed by atoms with Gasteiger partial charge in [0.15, 0.2) is 5.11 Å². The van der Waals surface area contributed by atoms with Gasteiger partial charge in [-0.25, -0.2) is 4.98 Å². The molecule has 1 fully saturated rings. The molecule has 0 aliphatic heterocycles. The summed E-state index contributed by atoms with van der Waals surface area (Å²) in [5, 5.41) is 10.6. The van der Waals surface area contributed by atoms with Crippen molar-refractivity contribution in [1.29, 1.82) is 0 Å². The van der Waals surface area contributed by atoms with Crippen LogP contribution >= 0.6 is 23.6 Å². The van der Waals surface area contributed by atoms with Crippen LogP contribution in [0.2, 0.25) is 0 Å². The Balaban J connectivity index is 1.81. The minimum atomic E-state index is 0.190. The SMILES string of the molecule is Cc1csc(C(C)NC(=S)NC2CCCC2)n1. The van der Waals surface area contributed by atoms with Crippen LogP contribution in [-0.2, 0) is 0 Å². The van der Waals surface area contributed by atoms with E-state index in [0.717, 1.165) is 15.8 Å². The van der Waals surface area contributed by atoms with Crippen LogP contribution in [0.3, 0.4) is 0 Å². The maximum Gasteiger partial charge on any atom is 0.167 e. The summed E-state index contributed by atoms with van der Waals surface area (Å²) in [6.07, 6.45) is 5.13. The smallest absolute Gasteiger partial charge is 0.167 e. The highest BCUT2D eigenvalue weighted by Gasteiger charge is 2.17. The molecule has 1 unspecified atom stereocenters. The fraction of sp³-hybridized carbons (Fsp3) is 0.667. The Labute approximate surface area is 112 Å². The van der Waals surface area contributed by atoms with Gasteiger partial charge in [0.25, 0.3) is 0 Å². The standard InChI is InChI=1S/C12H19N3S2/c1-8-7-17-11(13-8)9(2)14-12(16)15-10-5-3-4-6-10/h7,9-10H,3-6H2,1-2H3,(H2,14,15,16). The van der Waals surface area contributed by atoms with Crippen LogP contribution in [0.5, 0.6) is 0 Å². The fourth-order valence-corrected chi connectivity index (χ4v) is 3.27. The van der Waals surface area contributed by atoms with Gasteiger partial charge in [0.1, 0.15) is 5.01 Å². The predicted octanol–water partition coefficient (Wildman–Crippen LogP) is 2.92. The van der Waals surface area contributed by atoms with Gasteiger partial charge in [-0.15, -0.1) is 11.3 Å². The Morgan fingerprint density at radius 1 is 1.53 bits per heavy atom. The third kappa shape index (κ3) is 3.64. The summed E-state index contributed by atoms with van der Waals surface area (Å²) in [6, 6.07) is 0.760. The summed E-state index contributed by atoms with van der Waals surface area (Å²) in [4.78, 5) is 4.46. The molecule has 0 amide bonds. The average molecular weight is 269 g/mol. The molecule has 1 aromatic rings. The summed E-state index contributed by atoms with van der Waals surface area (Å²) < 4.78 is 0. The minimum absolute atomic E-state index is 0.190. The lowest BCUT2D eigenvalue weighted by Gasteiger charge is -2.18. The van der Waals surface area contributed by atoms with E-state index in [1.54, 1.807) is 11.3 Å². The maximum absolute atomic E-state index is 5.33. The summed E-state index contributed by atoms with van der Waals surface area (Å²) in [7, 11) is 0. The van der Waals surface area contributed by atoms with Gasteiger partial charge in [-0.1, -0.05) is 12.8 Å². The second-order valence-corrected chi connectivity index (χ2v) is 5.95. The zero-order valence-corrected chi connectivity index (χ0v) is 12.0. The zero-order chi connectivity index (χ0) is 12.3. The predicted molar refractivity (Wildman–Crippen MR) is 76.4 cm³/mol. The number of nitrogens with zero attached hydrogens (tertiary/aromatic N) is 1. The van der Waals surface area contributed by atoms with E-state index in [1.165, 1.54) is 25.7 Å². The maximum atomic E-state index is 5.33. The zero-order valence-electron chi connectivity index (χ0n) is 10.3. The molecule has 1 aliphatic carbocycles. The van der Waals surface area contributed by atoms with Crippen molar-refractivity contribution in [2.45, 2.75) is 51.6 Å². The first kappa shape index (κ1) is 12.8. The van der Waals surface area contributed by atoms with Crippen molar-refractivity contribution in [2.75, 3.05) is 0 Å². The Morgan fingerprint density at radius 3 is 2.82 bits per heavy atom. The molecular formula is C12H19N3S2. The molecule has 17 heavy (non-hydrogen) atoms. The monoisotopic (exact) mass is 269 g/mol. The van der Waals surface area contributed by atoms with Crippen LogP contribution in [0.1, 0.15) is 49.4 Å². The Hall–Kier alpha value is -0.680. The van der Waals surface area contributed by atoms with Gasteiger partial charge in [-0.05, 0) is 38.9 Å². The molecule has 1 saturated carbocycles. The molecule has 1 atom stereocenters. The Kier molecular flexibility index (Phi) is 4.34. The van der Waals surface area contributed by atoms with E-state index in [-0.39, 0.29) is 6.04 Å². The third-order valence-electron chi connectivity index (χ3n) is 3.05. The third-order valence-corrected chi connectivity index (χ3v) is 4.43. The first-order chi connectivity index (χ1) is 8.15. The lowest BCUT2D eigenvalue weighted by molar-refractivity contribution is 0.604. The van der Waals surface area contributed by atoms with Crippen LogP contribution < -0.4 is 10.6 Å². The van der Waals surface area contributed by atoms with E-state index >= 15 is 0 Å². The quantitative estimate of drug-likeness (QED) is 0.827. The van der Waals surface area contributed by atoms with Crippen molar-refractivity contribution in [3.63, 3.8) is 0 Å². The normalized spacial score (nSPS) is 18.0. The van der Waals surface area contributed by atoms with Crippen LogP contribution in [0, 0.1) is 6.92 Å². The summed E-state index contributed by atoms with van der Waals surface area (Å²) in [5.74, 6) is 0. The summed E-state index contributed by atoms with van der Waals surface area (Å²) in [5.41, 5.74) is 1.08. The first-order valence-electron chi connectivity index (χ1n) is 6.14. The largest absolute Gasteiger partial charge is 0.360 e. The Morgan fingerprint density at radius 2 is 2.24 bits per heavy atom. The molecule has 0 saturated heterocycles. The molecule has 0 radical (unpaired) electrons. The molecule has 5 heteroatoms. The van der Waals surface area contributed by atoms with E-state index < -0.39 is 0 Å². The Bertz CT molecular complexity index is 383. The molecule has 1 aliphatic rings. The van der Waals surface area contributed by atoms with Crippen LogP contribution in [0.25, 0.3) is 0 Å². The fourth-order valence-electron chi connectivity index (χ4n) is 2.13. The highest BCUT2D eigenvalue weighted by atomic mass is 32.1. The van der Waals surface area contributed by atoms with Gasteiger partial charge in [-0.3, -0.25) is 0 Å². The van der Waals surface area contributed by atoms with Crippen molar-refractivity contribution in [2.24, 2.45) is 0 Å². The van der Waals surface area contributed by atoms with E-state index in [4.69, 9.17) is 12.2 Å². The molecular weight excluding hydrogens is 250 g/mol. The summed E-state index contributed by atoms with van der Waals surface area (Å²) >= 11 is 7.01. The molecule has 1 heterocycles. The number of rotatable bonds is 3. The second kappa shape index (κ2) is 5.78. The number of aryl methyl sites for hydroxylation is 1. The molecule has 0 bridgehead atoms. The number of aromatic nitrogens is 1. The molecule has 0 aromatic carbocycles. The van der Waals surface area contributed by atoms with Gasteiger partial charge in [0.05, 0.1) is 6.04 Å². The highest BCUT2D eigenvalue weighted by molar-refractivity contribution is 7.80. The summed E-state index contributed by atoms with van der Waals surface area (Å²) in [6.45, 7) is 4.11. The van der Waals surface area contributed by atoms with E-state index in [9.17, 15) is 0 Å². The second-order valence-electron chi connectivity index (χ2n) is 4.65. The average Bonchev–Trinajstić information content (AvgIpc) is 2.89. The molecule has 1 aromatic heterocycles. The van der Waals surface area contributed by atoms with E-state index in [2.05, 4.69) is 27.9 Å². The van der Waals surface area contributed by atoms with Crippen LogP contribution in [-0.4, -0.2) is 16.1 Å². The molecule has 0 spiro atoms. The number of nitrogens with one attached hydrogen (secondary N) is 2. The minimum Gasteiger partial charge on any atom is -0.360 e. The highest BCUT2D eigenvalue weighted by Crippen LogP contribution is 2.19. The lowest BCUT2D eigenvalue weighted by atomic mass is 10.2. The number of hydrogen-bond acceptors (Lipinski definition) is 3. The topological polar surface area (TPSA) is 37.0 Å². The molecule has 3 nitrogen and oxygen atoms in total. The van der Waals surface area contributed by atoms with Gasteiger partial charge >= 0.3 is 0 Å². The van der Waals surface area contributed by atoms with E-state index in [1.807, 2.05) is 6.92 Å². The van der Waals surface area contributed by atoms with Crippen molar-refractivity contribution in [3.05, 3.63) is 16.1 Å². The van der Waals surface area contributed by atoms with E-state index in [0.29, 0.717) is 6.04 Å². The molecule has 2 N–H and O–H groups in total. The molecule has 2 rings (SSSR count). The van der Waals surface area contributed by atoms with Gasteiger partial charge in [-0.2, -0.15) is 0 Å². The van der Waals surface area contributed by atoms with Crippen LogP contribution in [0.4, 0.5) is 0 Å². The lowest BCUT2D eigenvalue weighted by Crippen LogP contribution is -2.41.